The van der Waals surface area contributed by atoms with Crippen molar-refractivity contribution in [2.24, 2.45) is 5.10 Å². The first-order chi connectivity index (χ1) is 18.2. The summed E-state index contributed by atoms with van der Waals surface area (Å²) in [6.45, 7) is 3.42. The van der Waals surface area contributed by atoms with Crippen LogP contribution in [0, 0.1) is 13.8 Å². The van der Waals surface area contributed by atoms with Crippen LogP contribution in [0.3, 0.4) is 0 Å². The zero-order valence-electron chi connectivity index (χ0n) is 21.1. The van der Waals surface area contributed by atoms with Gasteiger partial charge in [0.15, 0.2) is 0 Å². The Morgan fingerprint density at radius 2 is 1.68 bits per heavy atom. The number of carbonyl (C=O) groups is 1. The quantitative estimate of drug-likeness (QED) is 0.232. The average Bonchev–Trinajstić information content (AvgIpc) is 3.20. The van der Waals surface area contributed by atoms with E-state index >= 15 is 0 Å². The lowest BCUT2D eigenvalue weighted by atomic mass is 10.2. The number of benzene rings is 3. The lowest BCUT2D eigenvalue weighted by Crippen LogP contribution is -2.39. The molecule has 8 nitrogen and oxygen atoms in total. The molecular formula is C28H27ClN4O4S. The second-order valence-electron chi connectivity index (χ2n) is 8.43. The summed E-state index contributed by atoms with van der Waals surface area (Å²) in [7, 11) is -2.55. The molecule has 0 fully saturated rings. The lowest BCUT2D eigenvalue weighted by molar-refractivity contribution is -0.119. The number of aromatic nitrogens is 1. The number of sulfonamides is 1. The summed E-state index contributed by atoms with van der Waals surface area (Å²) in [5.74, 6) is -0.0710. The second-order valence-corrected chi connectivity index (χ2v) is 10.7. The maximum Gasteiger partial charge on any atom is 0.264 e. The van der Waals surface area contributed by atoms with Crippen molar-refractivity contribution in [2.75, 3.05) is 18.0 Å². The van der Waals surface area contributed by atoms with Crippen LogP contribution in [0.2, 0.25) is 5.02 Å². The predicted molar refractivity (Wildman–Crippen MR) is 150 cm³/mol. The Labute approximate surface area is 227 Å². The van der Waals surface area contributed by atoms with Crippen LogP contribution >= 0.6 is 11.6 Å². The first-order valence-electron chi connectivity index (χ1n) is 11.7. The molecule has 38 heavy (non-hydrogen) atoms. The molecular weight excluding hydrogens is 524 g/mol. The van der Waals surface area contributed by atoms with Crippen molar-refractivity contribution in [1.82, 2.24) is 9.99 Å². The van der Waals surface area contributed by atoms with Crippen LogP contribution in [-0.4, -0.2) is 38.8 Å². The summed E-state index contributed by atoms with van der Waals surface area (Å²) in [6.07, 6.45) is 1.53. The first kappa shape index (κ1) is 27.0. The summed E-state index contributed by atoms with van der Waals surface area (Å²) in [4.78, 5) is 12.9. The fourth-order valence-corrected chi connectivity index (χ4v) is 5.69. The zero-order chi connectivity index (χ0) is 27.3. The van der Waals surface area contributed by atoms with Crippen molar-refractivity contribution < 1.29 is 17.9 Å². The van der Waals surface area contributed by atoms with Gasteiger partial charge in [0.05, 0.1) is 34.6 Å². The fourth-order valence-electron chi connectivity index (χ4n) is 4.05. The van der Waals surface area contributed by atoms with Gasteiger partial charge in [0, 0.05) is 17.0 Å². The summed E-state index contributed by atoms with van der Waals surface area (Å²) in [5, 5.41) is 4.70. The Hall–Kier alpha value is -4.08. The molecule has 1 amide bonds. The molecule has 3 aromatic carbocycles. The molecule has 1 heterocycles. The number of nitrogens with zero attached hydrogens (tertiary/aromatic N) is 3. The number of methoxy groups -OCH3 is 1. The van der Waals surface area contributed by atoms with Gasteiger partial charge in [-0.05, 0) is 68.4 Å². The number of carbonyl (C=O) groups excluding carboxylic acids is 1. The van der Waals surface area contributed by atoms with Gasteiger partial charge in [0.1, 0.15) is 12.3 Å². The molecule has 0 aliphatic rings. The molecule has 0 unspecified atom stereocenters. The smallest absolute Gasteiger partial charge is 0.264 e. The fraction of sp³-hybridized carbons (Fsp3) is 0.143. The van der Waals surface area contributed by atoms with Crippen molar-refractivity contribution in [1.29, 1.82) is 0 Å². The summed E-state index contributed by atoms with van der Waals surface area (Å²) < 4.78 is 35.1. The number of ether oxygens (including phenoxy) is 1. The summed E-state index contributed by atoms with van der Waals surface area (Å²) >= 11 is 6.38. The average molecular weight is 551 g/mol. The normalized spacial score (nSPS) is 11.5. The number of amides is 1. The second kappa shape index (κ2) is 11.5. The van der Waals surface area contributed by atoms with Gasteiger partial charge < -0.3 is 9.30 Å². The van der Waals surface area contributed by atoms with E-state index in [-0.39, 0.29) is 4.90 Å². The van der Waals surface area contributed by atoms with E-state index in [0.29, 0.717) is 16.5 Å². The third-order valence-electron chi connectivity index (χ3n) is 5.94. The molecule has 1 aromatic heterocycles. The van der Waals surface area contributed by atoms with E-state index in [1.165, 1.54) is 25.5 Å². The van der Waals surface area contributed by atoms with Crippen LogP contribution < -0.4 is 14.5 Å². The van der Waals surface area contributed by atoms with Crippen LogP contribution in [0.1, 0.15) is 17.0 Å². The number of hydrogen-bond acceptors (Lipinski definition) is 5. The molecule has 0 aliphatic heterocycles. The molecule has 10 heteroatoms. The van der Waals surface area contributed by atoms with Crippen molar-refractivity contribution in [3.63, 3.8) is 0 Å². The number of hydrazone groups is 1. The number of nitrogens with one attached hydrogen (secondary N) is 1. The highest BCUT2D eigenvalue weighted by Gasteiger charge is 2.27. The van der Waals surface area contributed by atoms with Gasteiger partial charge in [-0.1, -0.05) is 41.9 Å². The van der Waals surface area contributed by atoms with Gasteiger partial charge >= 0.3 is 0 Å². The van der Waals surface area contributed by atoms with E-state index in [1.807, 2.05) is 48.7 Å². The molecule has 0 radical (unpaired) electrons. The molecule has 1 N–H and O–H groups in total. The molecule has 0 bridgehead atoms. The SMILES string of the molecule is COc1ccc(S(=O)(=O)N(CC(=O)N/N=C/c2cc(C)n(-c3ccccc3Cl)c2C)c2ccccc2)cc1. The number of para-hydroxylation sites is 2. The molecule has 4 rings (SSSR count). The molecule has 0 saturated heterocycles. The van der Waals surface area contributed by atoms with Crippen molar-refractivity contribution in [3.8, 4) is 11.4 Å². The Morgan fingerprint density at radius 3 is 2.34 bits per heavy atom. The van der Waals surface area contributed by atoms with Crippen molar-refractivity contribution in [3.05, 3.63) is 107 Å². The van der Waals surface area contributed by atoms with Gasteiger partial charge in [0.25, 0.3) is 15.9 Å². The number of rotatable bonds is 9. The van der Waals surface area contributed by atoms with E-state index < -0.39 is 22.5 Å². The van der Waals surface area contributed by atoms with Gasteiger partial charge in [-0.15, -0.1) is 0 Å². The number of aryl methyl sites for hydroxylation is 1. The van der Waals surface area contributed by atoms with E-state index in [9.17, 15) is 13.2 Å². The third-order valence-corrected chi connectivity index (χ3v) is 8.04. The molecule has 0 saturated carbocycles. The summed E-state index contributed by atoms with van der Waals surface area (Å²) in [5.41, 5.74) is 6.27. The number of halogens is 1. The van der Waals surface area contributed by atoms with Crippen LogP contribution in [0.15, 0.2) is 94.9 Å². The van der Waals surface area contributed by atoms with E-state index in [0.717, 1.165) is 26.9 Å². The minimum absolute atomic E-state index is 0.0328. The Kier molecular flexibility index (Phi) is 8.19. The van der Waals surface area contributed by atoms with Crippen LogP contribution in [-0.2, 0) is 14.8 Å². The standard InChI is InChI=1S/C28H27ClN4O4S/c1-20-17-22(21(2)33(20)27-12-8-7-11-26(27)29)18-30-31-28(34)19-32(23-9-5-4-6-10-23)38(35,36)25-15-13-24(37-3)14-16-25/h4-18H,19H2,1-3H3,(H,31,34)/b30-18+. The van der Waals surface area contributed by atoms with E-state index in [1.54, 1.807) is 42.5 Å². The minimum Gasteiger partial charge on any atom is -0.497 e. The van der Waals surface area contributed by atoms with Crippen molar-refractivity contribution in [2.45, 2.75) is 18.7 Å². The monoisotopic (exact) mass is 550 g/mol. The maximum absolute atomic E-state index is 13.5. The van der Waals surface area contributed by atoms with E-state index in [4.69, 9.17) is 16.3 Å². The molecule has 196 valence electrons. The highest BCUT2D eigenvalue weighted by Crippen LogP contribution is 2.26. The van der Waals surface area contributed by atoms with E-state index in [2.05, 4.69) is 10.5 Å². The van der Waals surface area contributed by atoms with Crippen LogP contribution in [0.4, 0.5) is 5.69 Å². The lowest BCUT2D eigenvalue weighted by Gasteiger charge is -2.23. The molecule has 4 aromatic rings. The predicted octanol–water partition coefficient (Wildman–Crippen LogP) is 5.10. The van der Waals surface area contributed by atoms with Gasteiger partial charge in [-0.25, -0.2) is 13.8 Å². The summed E-state index contributed by atoms with van der Waals surface area (Å²) in [6, 6.07) is 23.9. The largest absolute Gasteiger partial charge is 0.497 e. The van der Waals surface area contributed by atoms with Crippen molar-refractivity contribution >= 4 is 39.4 Å². The Bertz CT molecular complexity index is 1570. The van der Waals surface area contributed by atoms with Crippen LogP contribution in [0.5, 0.6) is 5.75 Å². The zero-order valence-corrected chi connectivity index (χ0v) is 22.7. The van der Waals surface area contributed by atoms with Gasteiger partial charge in [0.2, 0.25) is 0 Å². The Morgan fingerprint density at radius 1 is 1.03 bits per heavy atom. The Balaban J connectivity index is 1.54. The third kappa shape index (κ3) is 5.74. The highest BCUT2D eigenvalue weighted by molar-refractivity contribution is 7.92. The number of hydrogen-bond donors (Lipinski definition) is 1. The number of anilines is 1. The highest BCUT2D eigenvalue weighted by atomic mass is 35.5. The minimum atomic E-state index is -4.05. The molecule has 0 aliphatic carbocycles. The maximum atomic E-state index is 13.5. The van der Waals surface area contributed by atoms with Gasteiger partial charge in [-0.2, -0.15) is 5.10 Å². The van der Waals surface area contributed by atoms with Crippen LogP contribution in [0.25, 0.3) is 5.69 Å². The van der Waals surface area contributed by atoms with Gasteiger partial charge in [-0.3, -0.25) is 9.10 Å². The molecule has 0 spiro atoms. The molecule has 0 atom stereocenters. The topological polar surface area (TPSA) is 93.0 Å². The first-order valence-corrected chi connectivity index (χ1v) is 13.5.